The van der Waals surface area contributed by atoms with Gasteiger partial charge in [-0.2, -0.15) is 0 Å². The Morgan fingerprint density at radius 3 is 2.25 bits per heavy atom. The lowest BCUT2D eigenvalue weighted by Crippen LogP contribution is -2.00. The third-order valence-corrected chi connectivity index (χ3v) is 5.09. The fourth-order valence-corrected chi connectivity index (χ4v) is 3.17. The first kappa shape index (κ1) is 17.8. The fourth-order valence-electron chi connectivity index (χ4n) is 2.92. The normalized spacial score (nSPS) is 12.6. The minimum atomic E-state index is 0.762. The molecule has 0 radical (unpaired) electrons. The molecule has 0 aliphatic heterocycles. The predicted octanol–water partition coefficient (Wildman–Crippen LogP) is 7.39. The van der Waals surface area contributed by atoms with Gasteiger partial charge in [-0.05, 0) is 42.9 Å². The zero-order valence-electron chi connectivity index (χ0n) is 13.6. The van der Waals surface area contributed by atoms with E-state index in [1.54, 1.807) is 5.56 Å². The van der Waals surface area contributed by atoms with Crippen LogP contribution in [0, 0.1) is 6.92 Å². The van der Waals surface area contributed by atoms with E-state index >= 15 is 0 Å². The summed E-state index contributed by atoms with van der Waals surface area (Å²) in [6, 6.07) is 6.91. The standard InChI is InChI=1S/C19H31Br/c1-4-6-7-8-9-10-12-17(11-5-2)18-13-14-19(20)16(3)15-18/h13-15,17H,4-12H2,1-3H3. The van der Waals surface area contributed by atoms with Gasteiger partial charge in [-0.15, -0.1) is 0 Å². The molecular weight excluding hydrogens is 308 g/mol. The monoisotopic (exact) mass is 338 g/mol. The Balaban J connectivity index is 2.45. The number of hydrogen-bond donors (Lipinski definition) is 0. The van der Waals surface area contributed by atoms with Gasteiger partial charge in [0.05, 0.1) is 0 Å². The molecule has 0 heterocycles. The summed E-state index contributed by atoms with van der Waals surface area (Å²) in [6.07, 6.45) is 12.4. The van der Waals surface area contributed by atoms with E-state index in [-0.39, 0.29) is 0 Å². The Labute approximate surface area is 134 Å². The Hall–Kier alpha value is -0.300. The van der Waals surface area contributed by atoms with Crippen LogP contribution >= 0.6 is 15.9 Å². The highest BCUT2D eigenvalue weighted by atomic mass is 79.9. The molecular formula is C19H31Br. The third-order valence-electron chi connectivity index (χ3n) is 4.20. The summed E-state index contributed by atoms with van der Waals surface area (Å²) in [5.74, 6) is 0.762. The Kier molecular flexibility index (Phi) is 9.26. The van der Waals surface area contributed by atoms with Crippen molar-refractivity contribution in [3.8, 4) is 0 Å². The fraction of sp³-hybridized carbons (Fsp3) is 0.684. The van der Waals surface area contributed by atoms with Crippen LogP contribution in [0.2, 0.25) is 0 Å². The van der Waals surface area contributed by atoms with Crippen LogP contribution in [0.15, 0.2) is 22.7 Å². The van der Waals surface area contributed by atoms with Gasteiger partial charge in [-0.3, -0.25) is 0 Å². The lowest BCUT2D eigenvalue weighted by atomic mass is 9.88. The molecule has 0 aromatic heterocycles. The molecule has 1 aromatic rings. The van der Waals surface area contributed by atoms with E-state index in [1.807, 2.05) is 0 Å². The average Bonchev–Trinajstić information content (AvgIpc) is 2.44. The number of benzene rings is 1. The second-order valence-corrected chi connectivity index (χ2v) is 6.90. The highest BCUT2D eigenvalue weighted by Crippen LogP contribution is 2.30. The minimum Gasteiger partial charge on any atom is -0.0654 e. The summed E-state index contributed by atoms with van der Waals surface area (Å²) in [4.78, 5) is 0. The molecule has 0 aliphatic carbocycles. The Bertz CT molecular complexity index is 370. The highest BCUT2D eigenvalue weighted by Gasteiger charge is 2.11. The van der Waals surface area contributed by atoms with Crippen LogP contribution in [-0.2, 0) is 0 Å². The first-order chi connectivity index (χ1) is 9.69. The van der Waals surface area contributed by atoms with Crippen LogP contribution in [0.4, 0.5) is 0 Å². The van der Waals surface area contributed by atoms with E-state index in [9.17, 15) is 0 Å². The smallest absolute Gasteiger partial charge is 0.0204 e. The van der Waals surface area contributed by atoms with Crippen molar-refractivity contribution in [2.45, 2.75) is 84.5 Å². The quantitative estimate of drug-likeness (QED) is 0.390. The number of unbranched alkanes of at least 4 members (excludes halogenated alkanes) is 5. The molecule has 20 heavy (non-hydrogen) atoms. The van der Waals surface area contributed by atoms with Crippen molar-refractivity contribution < 1.29 is 0 Å². The summed E-state index contributed by atoms with van der Waals surface area (Å²) >= 11 is 3.61. The highest BCUT2D eigenvalue weighted by molar-refractivity contribution is 9.10. The summed E-state index contributed by atoms with van der Waals surface area (Å²) in [6.45, 7) is 6.79. The molecule has 0 bridgehead atoms. The van der Waals surface area contributed by atoms with E-state index in [1.165, 1.54) is 67.8 Å². The van der Waals surface area contributed by atoms with E-state index in [2.05, 4.69) is 54.9 Å². The van der Waals surface area contributed by atoms with Gasteiger partial charge in [0.25, 0.3) is 0 Å². The Morgan fingerprint density at radius 2 is 1.60 bits per heavy atom. The molecule has 1 aromatic carbocycles. The van der Waals surface area contributed by atoms with Crippen LogP contribution < -0.4 is 0 Å². The first-order valence-electron chi connectivity index (χ1n) is 8.45. The maximum Gasteiger partial charge on any atom is 0.0204 e. The van der Waals surface area contributed by atoms with Gasteiger partial charge >= 0.3 is 0 Å². The van der Waals surface area contributed by atoms with E-state index in [0.717, 1.165) is 5.92 Å². The van der Waals surface area contributed by atoms with E-state index in [4.69, 9.17) is 0 Å². The van der Waals surface area contributed by atoms with Crippen molar-refractivity contribution in [2.24, 2.45) is 0 Å². The molecule has 0 amide bonds. The maximum atomic E-state index is 3.61. The summed E-state index contributed by atoms with van der Waals surface area (Å²) in [5.41, 5.74) is 2.91. The van der Waals surface area contributed by atoms with Crippen molar-refractivity contribution >= 4 is 15.9 Å². The number of aryl methyl sites for hydroxylation is 1. The van der Waals surface area contributed by atoms with Gasteiger partial charge in [0.1, 0.15) is 0 Å². The molecule has 1 unspecified atom stereocenters. The second kappa shape index (κ2) is 10.4. The molecule has 0 fully saturated rings. The largest absolute Gasteiger partial charge is 0.0654 e. The topological polar surface area (TPSA) is 0 Å². The van der Waals surface area contributed by atoms with Crippen molar-refractivity contribution in [3.05, 3.63) is 33.8 Å². The van der Waals surface area contributed by atoms with Crippen LogP contribution in [0.5, 0.6) is 0 Å². The first-order valence-corrected chi connectivity index (χ1v) is 9.24. The molecule has 0 N–H and O–H groups in total. The van der Waals surface area contributed by atoms with Crippen LogP contribution in [-0.4, -0.2) is 0 Å². The summed E-state index contributed by atoms with van der Waals surface area (Å²) < 4.78 is 1.23. The summed E-state index contributed by atoms with van der Waals surface area (Å²) in [7, 11) is 0. The van der Waals surface area contributed by atoms with Crippen molar-refractivity contribution in [1.82, 2.24) is 0 Å². The molecule has 0 nitrogen and oxygen atoms in total. The second-order valence-electron chi connectivity index (χ2n) is 6.05. The maximum absolute atomic E-state index is 3.61. The average molecular weight is 339 g/mol. The van der Waals surface area contributed by atoms with Crippen molar-refractivity contribution in [1.29, 1.82) is 0 Å². The molecule has 114 valence electrons. The predicted molar refractivity (Wildman–Crippen MR) is 94.5 cm³/mol. The van der Waals surface area contributed by atoms with Gasteiger partial charge in [0, 0.05) is 4.47 Å². The lowest BCUT2D eigenvalue weighted by molar-refractivity contribution is 0.512. The van der Waals surface area contributed by atoms with E-state index in [0.29, 0.717) is 0 Å². The molecule has 1 rings (SSSR count). The zero-order chi connectivity index (χ0) is 14.8. The van der Waals surface area contributed by atoms with Crippen molar-refractivity contribution in [3.63, 3.8) is 0 Å². The van der Waals surface area contributed by atoms with Gasteiger partial charge in [0.2, 0.25) is 0 Å². The Morgan fingerprint density at radius 1 is 0.900 bits per heavy atom. The van der Waals surface area contributed by atoms with Gasteiger partial charge in [-0.1, -0.05) is 86.9 Å². The van der Waals surface area contributed by atoms with Crippen LogP contribution in [0.1, 0.15) is 88.7 Å². The third kappa shape index (κ3) is 6.43. The number of hydrogen-bond acceptors (Lipinski definition) is 0. The lowest BCUT2D eigenvalue weighted by Gasteiger charge is -2.17. The molecule has 1 heteroatoms. The molecule has 0 saturated carbocycles. The van der Waals surface area contributed by atoms with Gasteiger partial charge in [0.15, 0.2) is 0 Å². The summed E-state index contributed by atoms with van der Waals surface area (Å²) in [5, 5.41) is 0. The van der Waals surface area contributed by atoms with E-state index < -0.39 is 0 Å². The molecule has 1 atom stereocenters. The minimum absolute atomic E-state index is 0.762. The zero-order valence-corrected chi connectivity index (χ0v) is 15.1. The van der Waals surface area contributed by atoms with Gasteiger partial charge < -0.3 is 0 Å². The molecule has 0 spiro atoms. The number of rotatable bonds is 10. The molecule has 0 aliphatic rings. The van der Waals surface area contributed by atoms with Crippen molar-refractivity contribution in [2.75, 3.05) is 0 Å². The van der Waals surface area contributed by atoms with Gasteiger partial charge in [-0.25, -0.2) is 0 Å². The SMILES string of the molecule is CCCCCCCCC(CCC)c1ccc(Br)c(C)c1. The molecule has 0 saturated heterocycles. The van der Waals surface area contributed by atoms with Crippen LogP contribution in [0.3, 0.4) is 0 Å². The number of halogens is 1. The van der Waals surface area contributed by atoms with Crippen LogP contribution in [0.25, 0.3) is 0 Å².